The van der Waals surface area contributed by atoms with Gasteiger partial charge in [-0.05, 0) is 56.5 Å². The van der Waals surface area contributed by atoms with Gasteiger partial charge in [-0.3, -0.25) is 9.69 Å². The van der Waals surface area contributed by atoms with Crippen LogP contribution in [0.15, 0.2) is 78.9 Å². The molecule has 3 aromatic carbocycles. The molecule has 0 heterocycles. The highest BCUT2D eigenvalue weighted by atomic mass is 16.5. The number of ether oxygens (including phenoxy) is 1. The van der Waals surface area contributed by atoms with Gasteiger partial charge >= 0.3 is 0 Å². The third kappa shape index (κ3) is 6.52. The quantitative estimate of drug-likeness (QED) is 0.435. The Morgan fingerprint density at radius 2 is 1.53 bits per heavy atom. The molecule has 32 heavy (non-hydrogen) atoms. The molecule has 0 saturated carbocycles. The van der Waals surface area contributed by atoms with Gasteiger partial charge in [-0.15, -0.1) is 0 Å². The number of Topliss-reactive ketones (excluding diaryl/α,β-unsaturated/α-hetero) is 1. The Bertz CT molecular complexity index is 1010. The van der Waals surface area contributed by atoms with Crippen molar-refractivity contribution in [2.24, 2.45) is 0 Å². The first-order chi connectivity index (χ1) is 15.2. The zero-order valence-electron chi connectivity index (χ0n) is 19.4. The lowest BCUT2D eigenvalue weighted by Gasteiger charge is -2.37. The smallest absolute Gasteiger partial charge is 0.163 e. The van der Waals surface area contributed by atoms with Gasteiger partial charge in [-0.1, -0.05) is 66.7 Å². The summed E-state index contributed by atoms with van der Waals surface area (Å²) in [4.78, 5) is 14.6. The van der Waals surface area contributed by atoms with E-state index in [0.29, 0.717) is 30.0 Å². The molecule has 0 amide bonds. The van der Waals surface area contributed by atoms with E-state index in [1.165, 1.54) is 12.5 Å². The molecule has 0 aromatic heterocycles. The number of aliphatic hydroxyl groups is 1. The van der Waals surface area contributed by atoms with Crippen LogP contribution in [0.1, 0.15) is 60.8 Å². The number of hydrogen-bond donors (Lipinski definition) is 1. The summed E-state index contributed by atoms with van der Waals surface area (Å²) in [6, 6.07) is 25.5. The molecule has 0 aliphatic rings. The van der Waals surface area contributed by atoms with E-state index in [4.69, 9.17) is 4.74 Å². The zero-order chi connectivity index (χ0) is 23.1. The average molecular weight is 432 g/mol. The summed E-state index contributed by atoms with van der Waals surface area (Å²) in [6.45, 7) is 9.54. The van der Waals surface area contributed by atoms with Crippen LogP contribution in [0.3, 0.4) is 0 Å². The fourth-order valence-electron chi connectivity index (χ4n) is 3.58. The highest BCUT2D eigenvalue weighted by molar-refractivity contribution is 5.97. The van der Waals surface area contributed by atoms with Crippen molar-refractivity contribution in [1.82, 2.24) is 4.90 Å². The topological polar surface area (TPSA) is 49.8 Å². The van der Waals surface area contributed by atoms with E-state index in [9.17, 15) is 9.90 Å². The second kappa shape index (κ2) is 10.6. The molecule has 4 heteroatoms. The summed E-state index contributed by atoms with van der Waals surface area (Å²) < 4.78 is 5.92. The van der Waals surface area contributed by atoms with Crippen molar-refractivity contribution in [2.75, 3.05) is 6.54 Å². The van der Waals surface area contributed by atoms with Crippen LogP contribution in [0.2, 0.25) is 0 Å². The molecule has 3 aromatic rings. The lowest BCUT2D eigenvalue weighted by molar-refractivity contribution is 0.0522. The Morgan fingerprint density at radius 3 is 2.09 bits per heavy atom. The highest BCUT2D eigenvalue weighted by Gasteiger charge is 2.25. The van der Waals surface area contributed by atoms with Gasteiger partial charge in [0.1, 0.15) is 12.4 Å². The number of aliphatic hydroxyl groups excluding tert-OH is 1. The van der Waals surface area contributed by atoms with Crippen LogP contribution in [0.5, 0.6) is 5.75 Å². The van der Waals surface area contributed by atoms with E-state index in [1.807, 2.05) is 54.6 Å². The Hall–Kier alpha value is -2.95. The van der Waals surface area contributed by atoms with E-state index < -0.39 is 6.10 Å². The molecule has 0 fully saturated rings. The van der Waals surface area contributed by atoms with E-state index in [2.05, 4.69) is 37.8 Å². The van der Waals surface area contributed by atoms with Crippen molar-refractivity contribution in [3.8, 4) is 5.75 Å². The van der Waals surface area contributed by atoms with Crippen molar-refractivity contribution in [1.29, 1.82) is 0 Å². The average Bonchev–Trinajstić information content (AvgIpc) is 2.77. The minimum absolute atomic E-state index is 0.0842. The maximum absolute atomic E-state index is 12.3. The van der Waals surface area contributed by atoms with Gasteiger partial charge in [0.15, 0.2) is 5.78 Å². The summed E-state index contributed by atoms with van der Waals surface area (Å²) in [5.41, 5.74) is 3.31. The molecule has 168 valence electrons. The van der Waals surface area contributed by atoms with Crippen molar-refractivity contribution >= 4 is 5.78 Å². The number of carbonyl (C=O) groups excluding carboxylic acids is 1. The van der Waals surface area contributed by atoms with Gasteiger partial charge < -0.3 is 9.84 Å². The molecule has 0 aliphatic heterocycles. The van der Waals surface area contributed by atoms with Crippen molar-refractivity contribution in [2.45, 2.75) is 52.5 Å². The van der Waals surface area contributed by atoms with E-state index in [0.717, 1.165) is 12.1 Å². The summed E-state index contributed by atoms with van der Waals surface area (Å²) in [6.07, 6.45) is -0.723. The standard InChI is InChI=1S/C28H33NO3/c1-21(30)25-17-24(15-16-27(25)32-20-23-13-9-6-10-14-23)26(31)19-29(28(2,3)4)18-22-11-7-5-8-12-22/h5-17,26,31H,18-20H2,1-4H3. The van der Waals surface area contributed by atoms with E-state index in [1.54, 1.807) is 12.1 Å². The Morgan fingerprint density at radius 1 is 0.938 bits per heavy atom. The van der Waals surface area contributed by atoms with Crippen LogP contribution >= 0.6 is 0 Å². The van der Waals surface area contributed by atoms with Crippen molar-refractivity contribution in [3.05, 3.63) is 101 Å². The second-order valence-electron chi connectivity index (χ2n) is 9.14. The number of ketones is 1. The number of nitrogens with zero attached hydrogens (tertiary/aromatic N) is 1. The van der Waals surface area contributed by atoms with Crippen molar-refractivity contribution in [3.63, 3.8) is 0 Å². The lowest BCUT2D eigenvalue weighted by Crippen LogP contribution is -2.43. The largest absolute Gasteiger partial charge is 0.488 e. The lowest BCUT2D eigenvalue weighted by atomic mass is 9.99. The van der Waals surface area contributed by atoms with Crippen molar-refractivity contribution < 1.29 is 14.6 Å². The third-order valence-electron chi connectivity index (χ3n) is 5.56. The third-order valence-corrected chi connectivity index (χ3v) is 5.56. The molecular formula is C28H33NO3. The minimum Gasteiger partial charge on any atom is -0.488 e. The van der Waals surface area contributed by atoms with Gasteiger partial charge in [0.05, 0.1) is 11.7 Å². The number of rotatable bonds is 9. The summed E-state index contributed by atoms with van der Waals surface area (Å²) in [7, 11) is 0. The summed E-state index contributed by atoms with van der Waals surface area (Å²) >= 11 is 0. The molecule has 0 bridgehead atoms. The Labute approximate surface area is 191 Å². The first kappa shape index (κ1) is 23.7. The Balaban J connectivity index is 1.76. The molecule has 0 aliphatic carbocycles. The first-order valence-corrected chi connectivity index (χ1v) is 11.0. The summed E-state index contributed by atoms with van der Waals surface area (Å²) in [5.74, 6) is 0.452. The normalized spacial score (nSPS) is 12.6. The van der Waals surface area contributed by atoms with Crippen LogP contribution in [-0.2, 0) is 13.2 Å². The predicted molar refractivity (Wildman–Crippen MR) is 129 cm³/mol. The van der Waals surface area contributed by atoms with Gasteiger partial charge in [-0.25, -0.2) is 0 Å². The van der Waals surface area contributed by atoms with E-state index in [-0.39, 0.29) is 11.3 Å². The molecule has 0 saturated heterocycles. The number of β-amino-alcohol motifs (C(OH)–C–C–N with tert-alkyl or cyclic N) is 1. The van der Waals surface area contributed by atoms with Crippen LogP contribution in [-0.4, -0.2) is 27.9 Å². The monoisotopic (exact) mass is 431 g/mol. The zero-order valence-corrected chi connectivity index (χ0v) is 19.4. The maximum Gasteiger partial charge on any atom is 0.163 e. The highest BCUT2D eigenvalue weighted by Crippen LogP contribution is 2.28. The SMILES string of the molecule is CC(=O)c1cc(C(O)CN(Cc2ccccc2)C(C)(C)C)ccc1OCc1ccccc1. The number of carbonyl (C=O) groups is 1. The van der Waals surface area contributed by atoms with E-state index >= 15 is 0 Å². The molecule has 1 atom stereocenters. The van der Waals surface area contributed by atoms with Gasteiger partial charge in [0.2, 0.25) is 0 Å². The maximum atomic E-state index is 12.3. The molecule has 3 rings (SSSR count). The van der Waals surface area contributed by atoms with Crippen LogP contribution in [0, 0.1) is 0 Å². The van der Waals surface area contributed by atoms with Crippen LogP contribution in [0.4, 0.5) is 0 Å². The molecule has 1 unspecified atom stereocenters. The van der Waals surface area contributed by atoms with Gasteiger partial charge in [-0.2, -0.15) is 0 Å². The van der Waals surface area contributed by atoms with Crippen LogP contribution < -0.4 is 4.74 Å². The van der Waals surface area contributed by atoms with Gasteiger partial charge in [0.25, 0.3) is 0 Å². The first-order valence-electron chi connectivity index (χ1n) is 11.0. The predicted octanol–water partition coefficient (Wildman–Crippen LogP) is 5.80. The second-order valence-corrected chi connectivity index (χ2v) is 9.14. The molecule has 0 radical (unpaired) electrons. The molecule has 1 N–H and O–H groups in total. The van der Waals surface area contributed by atoms with Crippen LogP contribution in [0.25, 0.3) is 0 Å². The van der Waals surface area contributed by atoms with Gasteiger partial charge in [0, 0.05) is 18.6 Å². The molecular weight excluding hydrogens is 398 g/mol. The minimum atomic E-state index is -0.723. The fourth-order valence-corrected chi connectivity index (χ4v) is 3.58. The molecule has 0 spiro atoms. The summed E-state index contributed by atoms with van der Waals surface area (Å²) in [5, 5.41) is 11.0. The molecule has 4 nitrogen and oxygen atoms in total. The number of hydrogen-bond acceptors (Lipinski definition) is 4. The number of benzene rings is 3. The fraction of sp³-hybridized carbons (Fsp3) is 0.321. The Kier molecular flexibility index (Phi) is 7.84.